The van der Waals surface area contributed by atoms with Gasteiger partial charge in [-0.05, 0) is 51.1 Å². The molecule has 1 aliphatic heterocycles. The second-order valence-electron chi connectivity index (χ2n) is 8.73. The summed E-state index contributed by atoms with van der Waals surface area (Å²) in [4.78, 5) is 6.93. The van der Waals surface area contributed by atoms with Crippen molar-refractivity contribution < 1.29 is 17.5 Å². The first-order valence-corrected chi connectivity index (χ1v) is 12.8. The van der Waals surface area contributed by atoms with E-state index in [9.17, 15) is 8.42 Å². The van der Waals surface area contributed by atoms with Crippen LogP contribution >= 0.6 is 0 Å². The minimum atomic E-state index is -4.01. The molecule has 1 fully saturated rings. The lowest BCUT2D eigenvalue weighted by molar-refractivity contribution is 0.157. The van der Waals surface area contributed by atoms with Gasteiger partial charge in [-0.2, -0.15) is 0 Å². The van der Waals surface area contributed by atoms with Gasteiger partial charge >= 0.3 is 0 Å². The Bertz CT molecular complexity index is 1120. The van der Waals surface area contributed by atoms with Gasteiger partial charge in [-0.1, -0.05) is 29.8 Å². The van der Waals surface area contributed by atoms with Gasteiger partial charge in [-0.15, -0.1) is 0 Å². The maximum absolute atomic E-state index is 15.1. The molecule has 34 heavy (non-hydrogen) atoms. The Kier molecular flexibility index (Phi) is 8.78. The summed E-state index contributed by atoms with van der Waals surface area (Å²) >= 11 is 0. The summed E-state index contributed by atoms with van der Waals surface area (Å²) in [7, 11) is -0.279. The molecule has 0 spiro atoms. The van der Waals surface area contributed by atoms with Crippen LogP contribution in [0.5, 0.6) is 0 Å². The number of sulfonamides is 1. The minimum Gasteiger partial charge on any atom is -0.380 e. The number of rotatable bonds is 9. The molecule has 186 valence electrons. The van der Waals surface area contributed by atoms with Gasteiger partial charge < -0.3 is 4.74 Å². The highest BCUT2D eigenvalue weighted by Gasteiger charge is 2.23. The summed E-state index contributed by atoms with van der Waals surface area (Å²) in [5.74, 6) is -0.107. The standard InChI is InChI=1S/C24H34FN5O3S/c1-17-6-5-7-19(12-17)13-24(28-18(2)15-29(4)20-10-11-33-16-20)30(27-3)23-9-8-21(14-22(23)25)34(26,31)32/h5-9,12,14,18,20,27H,10-11,13,15-16H2,1-4H3,(H2,26,31,32)/b28-24-. The van der Waals surface area contributed by atoms with Crippen molar-refractivity contribution in [2.45, 2.75) is 43.7 Å². The number of hydrogen-bond donors (Lipinski definition) is 2. The predicted octanol–water partition coefficient (Wildman–Crippen LogP) is 2.47. The average molecular weight is 492 g/mol. The molecule has 0 bridgehead atoms. The second kappa shape index (κ2) is 11.4. The van der Waals surface area contributed by atoms with Crippen LogP contribution in [0.15, 0.2) is 52.4 Å². The number of hydrogen-bond acceptors (Lipinski definition) is 6. The van der Waals surface area contributed by atoms with E-state index in [0.717, 1.165) is 36.8 Å². The topological polar surface area (TPSA) is 100 Å². The molecule has 2 atom stereocenters. The van der Waals surface area contributed by atoms with Crippen LogP contribution in [-0.4, -0.2) is 65.1 Å². The summed E-state index contributed by atoms with van der Waals surface area (Å²) in [5.41, 5.74) is 5.32. The summed E-state index contributed by atoms with van der Waals surface area (Å²) in [6, 6.07) is 12.0. The Labute approximate surface area is 201 Å². The van der Waals surface area contributed by atoms with Crippen molar-refractivity contribution in [1.82, 2.24) is 10.3 Å². The molecule has 3 N–H and O–H groups in total. The molecule has 0 aliphatic carbocycles. The van der Waals surface area contributed by atoms with Crippen molar-refractivity contribution in [3.05, 3.63) is 59.4 Å². The van der Waals surface area contributed by atoms with Crippen LogP contribution in [0.1, 0.15) is 24.5 Å². The van der Waals surface area contributed by atoms with Crippen molar-refractivity contribution in [3.8, 4) is 0 Å². The van der Waals surface area contributed by atoms with Gasteiger partial charge in [-0.25, -0.2) is 23.4 Å². The van der Waals surface area contributed by atoms with E-state index in [0.29, 0.717) is 24.9 Å². The molecule has 0 aromatic heterocycles. The Morgan fingerprint density at radius 3 is 2.68 bits per heavy atom. The molecule has 8 nitrogen and oxygen atoms in total. The summed E-state index contributed by atoms with van der Waals surface area (Å²) < 4.78 is 43.8. The van der Waals surface area contributed by atoms with Gasteiger partial charge in [0.25, 0.3) is 0 Å². The molecular formula is C24H34FN5O3S. The maximum Gasteiger partial charge on any atom is 0.238 e. The van der Waals surface area contributed by atoms with E-state index in [-0.39, 0.29) is 16.6 Å². The van der Waals surface area contributed by atoms with E-state index in [4.69, 9.17) is 14.9 Å². The average Bonchev–Trinajstić information content (AvgIpc) is 3.29. The number of nitrogens with two attached hydrogens (primary N) is 1. The number of ether oxygens (including phenoxy) is 1. The normalized spacial score (nSPS) is 17.9. The molecule has 0 amide bonds. The van der Waals surface area contributed by atoms with Gasteiger partial charge in [-0.3, -0.25) is 14.9 Å². The second-order valence-corrected chi connectivity index (χ2v) is 10.3. The monoisotopic (exact) mass is 491 g/mol. The van der Waals surface area contributed by atoms with Crippen LogP contribution in [0.4, 0.5) is 10.1 Å². The molecule has 3 rings (SSSR count). The Morgan fingerprint density at radius 2 is 2.09 bits per heavy atom. The van der Waals surface area contributed by atoms with Gasteiger partial charge in [0, 0.05) is 32.7 Å². The number of amidine groups is 1. The predicted molar refractivity (Wildman–Crippen MR) is 133 cm³/mol. The zero-order chi connectivity index (χ0) is 24.9. The van der Waals surface area contributed by atoms with E-state index in [1.54, 1.807) is 12.1 Å². The number of hydrazine groups is 1. The van der Waals surface area contributed by atoms with E-state index < -0.39 is 15.8 Å². The molecule has 1 saturated heterocycles. The van der Waals surface area contributed by atoms with E-state index >= 15 is 4.39 Å². The lowest BCUT2D eigenvalue weighted by Crippen LogP contribution is -2.44. The lowest BCUT2D eigenvalue weighted by Gasteiger charge is -2.29. The van der Waals surface area contributed by atoms with Crippen LogP contribution in [0.25, 0.3) is 0 Å². The molecule has 2 aromatic carbocycles. The fourth-order valence-corrected chi connectivity index (χ4v) is 4.68. The van der Waals surface area contributed by atoms with Crippen molar-refractivity contribution in [3.63, 3.8) is 0 Å². The van der Waals surface area contributed by atoms with E-state index in [1.807, 2.05) is 32.0 Å². The smallest absolute Gasteiger partial charge is 0.238 e. The number of nitrogens with zero attached hydrogens (tertiary/aromatic N) is 3. The minimum absolute atomic E-state index is 0.0759. The van der Waals surface area contributed by atoms with Crippen LogP contribution in [0.2, 0.25) is 0 Å². The SMILES string of the molecule is CNN(/C(Cc1cccc(C)c1)=N\C(C)CN(C)C1CCOC1)c1ccc(S(N)(=O)=O)cc1F. The third-order valence-electron chi connectivity index (χ3n) is 5.87. The van der Waals surface area contributed by atoms with E-state index in [2.05, 4.69) is 23.4 Å². The first-order valence-electron chi connectivity index (χ1n) is 11.3. The largest absolute Gasteiger partial charge is 0.380 e. The number of halogens is 1. The van der Waals surface area contributed by atoms with Gasteiger partial charge in [0.2, 0.25) is 10.0 Å². The first kappa shape index (κ1) is 26.2. The van der Waals surface area contributed by atoms with Gasteiger partial charge in [0.15, 0.2) is 0 Å². The highest BCUT2D eigenvalue weighted by Crippen LogP contribution is 2.23. The molecule has 0 radical (unpaired) electrons. The van der Waals surface area contributed by atoms with Crippen LogP contribution in [-0.2, 0) is 21.2 Å². The van der Waals surface area contributed by atoms with Crippen molar-refractivity contribution in [2.75, 3.05) is 38.9 Å². The van der Waals surface area contributed by atoms with E-state index in [1.165, 1.54) is 12.1 Å². The number of anilines is 1. The van der Waals surface area contributed by atoms with Gasteiger partial charge in [0.1, 0.15) is 11.7 Å². The molecule has 10 heteroatoms. The summed E-state index contributed by atoms with van der Waals surface area (Å²) in [6.07, 6.45) is 1.45. The number of benzene rings is 2. The fourth-order valence-electron chi connectivity index (χ4n) is 4.15. The molecule has 2 aromatic rings. The van der Waals surface area contributed by atoms with Crippen molar-refractivity contribution in [1.29, 1.82) is 0 Å². The Morgan fingerprint density at radius 1 is 1.32 bits per heavy atom. The van der Waals surface area contributed by atoms with Crippen molar-refractivity contribution in [2.24, 2.45) is 10.1 Å². The van der Waals surface area contributed by atoms with Crippen LogP contribution in [0.3, 0.4) is 0 Å². The molecule has 1 heterocycles. The maximum atomic E-state index is 15.1. The number of aliphatic imine (C=N–C) groups is 1. The number of aryl methyl sites for hydroxylation is 1. The highest BCUT2D eigenvalue weighted by molar-refractivity contribution is 7.89. The zero-order valence-corrected chi connectivity index (χ0v) is 21.0. The third kappa shape index (κ3) is 6.83. The van der Waals surface area contributed by atoms with Crippen molar-refractivity contribution >= 4 is 21.5 Å². The summed E-state index contributed by atoms with van der Waals surface area (Å²) in [6.45, 7) is 6.25. The Balaban J connectivity index is 1.94. The Hall–Kier alpha value is -2.37. The number of likely N-dealkylation sites (N-methyl/N-ethyl adjacent to an activating group) is 1. The molecule has 2 unspecified atom stereocenters. The van der Waals surface area contributed by atoms with Gasteiger partial charge in [0.05, 0.1) is 23.2 Å². The first-order chi connectivity index (χ1) is 16.1. The fraction of sp³-hybridized carbons (Fsp3) is 0.458. The number of primary sulfonamides is 1. The third-order valence-corrected chi connectivity index (χ3v) is 6.78. The molecular weight excluding hydrogens is 457 g/mol. The zero-order valence-electron chi connectivity index (χ0n) is 20.2. The molecule has 0 saturated carbocycles. The highest BCUT2D eigenvalue weighted by atomic mass is 32.2. The summed E-state index contributed by atoms with van der Waals surface area (Å²) in [5, 5.41) is 6.72. The lowest BCUT2D eigenvalue weighted by atomic mass is 10.1. The number of nitrogens with one attached hydrogen (secondary N) is 1. The molecule has 1 aliphatic rings. The quantitative estimate of drug-likeness (QED) is 0.318. The van der Waals surface area contributed by atoms with Crippen LogP contribution < -0.4 is 15.6 Å². The van der Waals surface area contributed by atoms with Crippen LogP contribution in [0, 0.1) is 12.7 Å².